The Bertz CT molecular complexity index is 597. The van der Waals surface area contributed by atoms with Crippen molar-refractivity contribution in [3.63, 3.8) is 0 Å². The van der Waals surface area contributed by atoms with Gasteiger partial charge in [0.25, 0.3) is 0 Å². The van der Waals surface area contributed by atoms with Crippen molar-refractivity contribution in [3.05, 3.63) is 58.3 Å². The van der Waals surface area contributed by atoms with Crippen LogP contribution in [0.1, 0.15) is 22.9 Å². The quantitative estimate of drug-likeness (QED) is 0.865. The third-order valence-corrected chi connectivity index (χ3v) is 5.19. The molecule has 1 fully saturated rings. The van der Waals surface area contributed by atoms with Crippen LogP contribution in [0.3, 0.4) is 0 Å². The zero-order valence-corrected chi connectivity index (χ0v) is 13.8. The van der Waals surface area contributed by atoms with Crippen molar-refractivity contribution in [3.8, 4) is 0 Å². The molecule has 116 valence electrons. The van der Waals surface area contributed by atoms with Crippen molar-refractivity contribution in [2.24, 2.45) is 0 Å². The fraction of sp³-hybridized carbons (Fsp3) is 0.389. The molecule has 0 saturated carbocycles. The molecule has 1 aromatic heterocycles. The van der Waals surface area contributed by atoms with E-state index in [9.17, 15) is 4.79 Å². The predicted octanol–water partition coefficient (Wildman–Crippen LogP) is 3.20. The molecule has 1 aliphatic heterocycles. The molecule has 1 saturated heterocycles. The van der Waals surface area contributed by atoms with Gasteiger partial charge >= 0.3 is 0 Å². The number of amides is 1. The smallest absolute Gasteiger partial charge is 0.223 e. The Morgan fingerprint density at radius 2 is 2.00 bits per heavy atom. The van der Waals surface area contributed by atoms with Crippen LogP contribution in [0, 0.1) is 0 Å². The summed E-state index contributed by atoms with van der Waals surface area (Å²) >= 11 is 1.73. The largest absolute Gasteiger partial charge is 0.333 e. The summed E-state index contributed by atoms with van der Waals surface area (Å²) in [4.78, 5) is 18.4. The zero-order valence-electron chi connectivity index (χ0n) is 12.9. The van der Waals surface area contributed by atoms with Crippen molar-refractivity contribution in [1.29, 1.82) is 0 Å². The number of rotatable bonds is 4. The van der Waals surface area contributed by atoms with Crippen LogP contribution in [0.5, 0.6) is 0 Å². The molecule has 3 rings (SSSR count). The molecule has 0 radical (unpaired) electrons. The fourth-order valence-corrected chi connectivity index (χ4v) is 3.72. The molecule has 0 aliphatic carbocycles. The minimum atomic E-state index is 0.177. The molecule has 4 heteroatoms. The van der Waals surface area contributed by atoms with E-state index in [4.69, 9.17) is 0 Å². The Balaban J connectivity index is 1.70. The second-order valence-corrected chi connectivity index (χ2v) is 6.89. The van der Waals surface area contributed by atoms with Gasteiger partial charge in [0, 0.05) is 30.9 Å². The second-order valence-electron chi connectivity index (χ2n) is 5.86. The highest BCUT2D eigenvalue weighted by molar-refractivity contribution is 7.09. The van der Waals surface area contributed by atoms with Gasteiger partial charge in [-0.2, -0.15) is 0 Å². The van der Waals surface area contributed by atoms with Gasteiger partial charge < -0.3 is 9.80 Å². The average molecular weight is 314 g/mol. The fourth-order valence-electron chi connectivity index (χ4n) is 3.01. The number of aryl methyl sites for hydroxylation is 1. The predicted molar refractivity (Wildman–Crippen MR) is 91.0 cm³/mol. The Labute approximate surface area is 136 Å². The van der Waals surface area contributed by atoms with E-state index >= 15 is 0 Å². The first-order valence-electron chi connectivity index (χ1n) is 7.79. The van der Waals surface area contributed by atoms with Crippen LogP contribution < -0.4 is 0 Å². The van der Waals surface area contributed by atoms with Crippen LogP contribution >= 0.6 is 11.3 Å². The summed E-state index contributed by atoms with van der Waals surface area (Å²) < 4.78 is 0. The third-order valence-electron chi connectivity index (χ3n) is 4.25. The number of piperazine rings is 1. The summed E-state index contributed by atoms with van der Waals surface area (Å²) in [6.07, 6.45) is 1.46. The van der Waals surface area contributed by atoms with Gasteiger partial charge in [0.1, 0.15) is 0 Å². The lowest BCUT2D eigenvalue weighted by Crippen LogP contribution is -2.49. The molecule has 2 heterocycles. The Morgan fingerprint density at radius 1 is 1.18 bits per heavy atom. The van der Waals surface area contributed by atoms with Crippen molar-refractivity contribution < 1.29 is 4.79 Å². The normalized spacial score (nSPS) is 19.3. The van der Waals surface area contributed by atoms with Crippen LogP contribution in [0.25, 0.3) is 0 Å². The molecule has 1 amide bonds. The molecule has 1 aromatic carbocycles. The summed E-state index contributed by atoms with van der Waals surface area (Å²) in [6, 6.07) is 14.7. The molecule has 2 aromatic rings. The highest BCUT2D eigenvalue weighted by Gasteiger charge is 2.29. The summed E-state index contributed by atoms with van der Waals surface area (Å²) in [5, 5.41) is 2.07. The van der Waals surface area contributed by atoms with Gasteiger partial charge in [-0.25, -0.2) is 0 Å². The van der Waals surface area contributed by atoms with Crippen molar-refractivity contribution >= 4 is 17.2 Å². The maximum absolute atomic E-state index is 12.7. The van der Waals surface area contributed by atoms with E-state index in [2.05, 4.69) is 52.6 Å². The molecule has 0 N–H and O–H groups in total. The average Bonchev–Trinajstić information content (AvgIpc) is 3.07. The minimum absolute atomic E-state index is 0.177. The zero-order chi connectivity index (χ0) is 15.4. The van der Waals surface area contributed by atoms with Gasteiger partial charge in [0.15, 0.2) is 0 Å². The number of nitrogens with zero attached hydrogens (tertiary/aromatic N) is 2. The van der Waals surface area contributed by atoms with E-state index in [1.807, 2.05) is 12.1 Å². The number of thiophene rings is 1. The molecule has 3 nitrogen and oxygen atoms in total. The Hall–Kier alpha value is -1.65. The number of carbonyl (C=O) groups excluding carboxylic acids is 1. The van der Waals surface area contributed by atoms with E-state index in [-0.39, 0.29) is 11.9 Å². The van der Waals surface area contributed by atoms with Gasteiger partial charge in [-0.3, -0.25) is 4.79 Å². The molecular weight excluding hydrogens is 292 g/mol. The van der Waals surface area contributed by atoms with Crippen molar-refractivity contribution in [2.75, 3.05) is 26.7 Å². The molecule has 1 unspecified atom stereocenters. The highest BCUT2D eigenvalue weighted by atomic mass is 32.1. The van der Waals surface area contributed by atoms with Gasteiger partial charge in [-0.05, 0) is 30.5 Å². The number of hydrogen-bond donors (Lipinski definition) is 0. The van der Waals surface area contributed by atoms with Crippen molar-refractivity contribution in [1.82, 2.24) is 9.80 Å². The number of hydrogen-bond acceptors (Lipinski definition) is 3. The highest BCUT2D eigenvalue weighted by Crippen LogP contribution is 2.26. The Morgan fingerprint density at radius 3 is 2.73 bits per heavy atom. The van der Waals surface area contributed by atoms with Crippen molar-refractivity contribution in [2.45, 2.75) is 18.9 Å². The molecule has 0 bridgehead atoms. The maximum Gasteiger partial charge on any atom is 0.223 e. The van der Waals surface area contributed by atoms with E-state index in [0.29, 0.717) is 6.42 Å². The number of benzene rings is 1. The van der Waals surface area contributed by atoms with E-state index in [1.54, 1.807) is 11.3 Å². The van der Waals surface area contributed by atoms with Gasteiger partial charge in [-0.15, -0.1) is 11.3 Å². The standard InChI is InChI=1S/C18H22N2OS/c1-19-11-12-20(17(14-19)15-6-3-2-4-7-15)18(21)10-9-16-8-5-13-22-16/h2-8,13,17H,9-12,14H2,1H3. The molecule has 1 atom stereocenters. The number of carbonyl (C=O) groups is 1. The first kappa shape index (κ1) is 15.3. The first-order valence-corrected chi connectivity index (χ1v) is 8.67. The summed E-state index contributed by atoms with van der Waals surface area (Å²) in [7, 11) is 2.13. The topological polar surface area (TPSA) is 23.6 Å². The van der Waals surface area contributed by atoms with E-state index < -0.39 is 0 Å². The lowest BCUT2D eigenvalue weighted by Gasteiger charge is -2.40. The van der Waals surface area contributed by atoms with E-state index in [1.165, 1.54) is 10.4 Å². The summed E-state index contributed by atoms with van der Waals surface area (Å²) in [5.41, 5.74) is 1.23. The van der Waals surface area contributed by atoms with Crippen LogP contribution in [0.15, 0.2) is 47.8 Å². The maximum atomic E-state index is 12.7. The molecule has 22 heavy (non-hydrogen) atoms. The lowest BCUT2D eigenvalue weighted by atomic mass is 10.0. The van der Waals surface area contributed by atoms with Crippen LogP contribution in [-0.4, -0.2) is 42.4 Å². The van der Waals surface area contributed by atoms with Gasteiger partial charge in [-0.1, -0.05) is 36.4 Å². The van der Waals surface area contributed by atoms with Crippen LogP contribution in [0.4, 0.5) is 0 Å². The lowest BCUT2D eigenvalue weighted by molar-refractivity contribution is -0.136. The van der Waals surface area contributed by atoms with Crippen LogP contribution in [-0.2, 0) is 11.2 Å². The second kappa shape index (κ2) is 7.07. The molecule has 1 aliphatic rings. The molecule has 0 spiro atoms. The summed E-state index contributed by atoms with van der Waals surface area (Å²) in [5.74, 6) is 0.273. The number of likely N-dealkylation sites (N-methyl/N-ethyl adjacent to an activating group) is 1. The summed E-state index contributed by atoms with van der Waals surface area (Å²) in [6.45, 7) is 2.68. The minimum Gasteiger partial charge on any atom is -0.333 e. The third kappa shape index (κ3) is 3.57. The van der Waals surface area contributed by atoms with Gasteiger partial charge in [0.2, 0.25) is 5.91 Å². The van der Waals surface area contributed by atoms with E-state index in [0.717, 1.165) is 26.1 Å². The Kier molecular flexibility index (Phi) is 4.90. The van der Waals surface area contributed by atoms with Gasteiger partial charge in [0.05, 0.1) is 6.04 Å². The monoisotopic (exact) mass is 314 g/mol. The SMILES string of the molecule is CN1CCN(C(=O)CCc2cccs2)C(c2ccccc2)C1. The first-order chi connectivity index (χ1) is 10.7. The van der Waals surface area contributed by atoms with Crippen LogP contribution in [0.2, 0.25) is 0 Å². The molecular formula is C18H22N2OS.